The van der Waals surface area contributed by atoms with Crippen LogP contribution < -0.4 is 5.43 Å². The topological polar surface area (TPSA) is 46.5 Å². The third-order valence-electron chi connectivity index (χ3n) is 2.64. The second kappa shape index (κ2) is 5.03. The molecule has 1 aliphatic heterocycles. The van der Waals surface area contributed by atoms with Gasteiger partial charge in [0, 0.05) is 25.5 Å². The Balaban J connectivity index is 1.88. The molecule has 1 aromatic heterocycles. The molecular formula is C11H17N3O2. The van der Waals surface area contributed by atoms with E-state index in [1.807, 2.05) is 36.4 Å². The number of morpholine rings is 1. The van der Waals surface area contributed by atoms with Crippen LogP contribution in [0.2, 0.25) is 0 Å². The number of nitrogens with zero attached hydrogens (tertiary/aromatic N) is 2. The lowest BCUT2D eigenvalue weighted by Crippen LogP contribution is -2.48. The van der Waals surface area contributed by atoms with Gasteiger partial charge in [-0.1, -0.05) is 0 Å². The van der Waals surface area contributed by atoms with Crippen molar-refractivity contribution in [1.82, 2.24) is 9.58 Å². The summed E-state index contributed by atoms with van der Waals surface area (Å²) in [5.74, 6) is 0.122. The van der Waals surface area contributed by atoms with Crippen LogP contribution in [-0.2, 0) is 9.53 Å². The van der Waals surface area contributed by atoms with Crippen LogP contribution in [-0.4, -0.2) is 47.8 Å². The van der Waals surface area contributed by atoms with Crippen LogP contribution in [0.25, 0.3) is 0 Å². The molecule has 5 nitrogen and oxygen atoms in total. The molecule has 0 aromatic carbocycles. The van der Waals surface area contributed by atoms with Gasteiger partial charge in [0.1, 0.15) is 6.04 Å². The molecule has 2 heterocycles. The van der Waals surface area contributed by atoms with Gasteiger partial charge in [-0.2, -0.15) is 0 Å². The minimum atomic E-state index is -0.217. The maximum absolute atomic E-state index is 12.0. The number of carbonyl (C=O) groups excluding carboxylic acids is 1. The zero-order chi connectivity index (χ0) is 11.4. The number of nitrogens with one attached hydrogen (secondary N) is 1. The van der Waals surface area contributed by atoms with Crippen molar-refractivity contribution in [3.05, 3.63) is 24.5 Å². The normalized spacial score (nSPS) is 18.2. The fourth-order valence-electron chi connectivity index (χ4n) is 1.76. The molecule has 5 heteroatoms. The summed E-state index contributed by atoms with van der Waals surface area (Å²) in [6.45, 7) is 4.54. The van der Waals surface area contributed by atoms with Crippen LogP contribution in [0.4, 0.5) is 0 Å². The summed E-state index contributed by atoms with van der Waals surface area (Å²) in [5.41, 5.74) is 3.10. The second-order valence-corrected chi connectivity index (χ2v) is 3.88. The summed E-state index contributed by atoms with van der Waals surface area (Å²) in [6.07, 6.45) is 3.76. The maximum atomic E-state index is 12.0. The lowest BCUT2D eigenvalue weighted by Gasteiger charge is -2.29. The first kappa shape index (κ1) is 11.0. The van der Waals surface area contributed by atoms with E-state index in [0.29, 0.717) is 26.3 Å². The average molecular weight is 223 g/mol. The van der Waals surface area contributed by atoms with Crippen LogP contribution in [0.1, 0.15) is 6.92 Å². The highest BCUT2D eigenvalue weighted by Gasteiger charge is 2.22. The number of rotatable bonds is 3. The molecule has 0 radical (unpaired) electrons. The Morgan fingerprint density at radius 2 is 1.94 bits per heavy atom. The van der Waals surface area contributed by atoms with E-state index < -0.39 is 0 Å². The van der Waals surface area contributed by atoms with Gasteiger partial charge in [-0.3, -0.25) is 9.47 Å². The van der Waals surface area contributed by atoms with Crippen LogP contribution in [0.15, 0.2) is 24.5 Å². The van der Waals surface area contributed by atoms with E-state index in [4.69, 9.17) is 4.74 Å². The highest BCUT2D eigenvalue weighted by atomic mass is 16.5. The predicted molar refractivity (Wildman–Crippen MR) is 60.7 cm³/mol. The van der Waals surface area contributed by atoms with Crippen molar-refractivity contribution in [2.24, 2.45) is 0 Å². The van der Waals surface area contributed by atoms with Crippen LogP contribution in [0.5, 0.6) is 0 Å². The largest absolute Gasteiger partial charge is 0.378 e. The standard InChI is InChI=1S/C11H17N3O2/c1-10(12-14-4-2-3-5-14)11(15)13-6-8-16-9-7-13/h2-5,10,12H,6-9H2,1H3. The fraction of sp³-hybridized carbons (Fsp3) is 0.545. The minimum Gasteiger partial charge on any atom is -0.378 e. The third kappa shape index (κ3) is 2.55. The second-order valence-electron chi connectivity index (χ2n) is 3.88. The van der Waals surface area contributed by atoms with Crippen LogP contribution in [0.3, 0.4) is 0 Å². The Morgan fingerprint density at radius 3 is 2.56 bits per heavy atom. The quantitative estimate of drug-likeness (QED) is 0.800. The summed E-state index contributed by atoms with van der Waals surface area (Å²) in [5, 5.41) is 0. The summed E-state index contributed by atoms with van der Waals surface area (Å²) in [7, 11) is 0. The molecule has 1 aliphatic rings. The molecule has 16 heavy (non-hydrogen) atoms. The first-order chi connectivity index (χ1) is 7.77. The van der Waals surface area contributed by atoms with E-state index in [1.165, 1.54) is 0 Å². The van der Waals surface area contributed by atoms with Crippen molar-refractivity contribution in [2.75, 3.05) is 31.7 Å². The fourth-order valence-corrected chi connectivity index (χ4v) is 1.76. The van der Waals surface area contributed by atoms with Crippen molar-refractivity contribution in [2.45, 2.75) is 13.0 Å². The summed E-state index contributed by atoms with van der Waals surface area (Å²) in [4.78, 5) is 13.9. The zero-order valence-electron chi connectivity index (χ0n) is 9.43. The van der Waals surface area contributed by atoms with E-state index >= 15 is 0 Å². The van der Waals surface area contributed by atoms with Gasteiger partial charge in [0.05, 0.1) is 13.2 Å². The van der Waals surface area contributed by atoms with E-state index in [2.05, 4.69) is 5.43 Å². The van der Waals surface area contributed by atoms with Crippen LogP contribution in [0, 0.1) is 0 Å². The Labute approximate surface area is 95.0 Å². The van der Waals surface area contributed by atoms with Gasteiger partial charge in [-0.25, -0.2) is 0 Å². The molecule has 1 amide bonds. The number of ether oxygens (including phenoxy) is 1. The lowest BCUT2D eigenvalue weighted by molar-refractivity contribution is -0.135. The number of aromatic nitrogens is 1. The molecule has 0 aliphatic carbocycles. The average Bonchev–Trinajstić information content (AvgIpc) is 2.82. The molecule has 88 valence electrons. The first-order valence-corrected chi connectivity index (χ1v) is 5.53. The highest BCUT2D eigenvalue weighted by Crippen LogP contribution is 2.01. The summed E-state index contributed by atoms with van der Waals surface area (Å²) < 4.78 is 7.01. The van der Waals surface area contributed by atoms with Gasteiger partial charge in [0.2, 0.25) is 5.91 Å². The lowest BCUT2D eigenvalue weighted by atomic mass is 10.3. The van der Waals surface area contributed by atoms with Crippen molar-refractivity contribution in [1.29, 1.82) is 0 Å². The van der Waals surface area contributed by atoms with Crippen LogP contribution >= 0.6 is 0 Å². The molecule has 1 atom stereocenters. The molecule has 2 rings (SSSR count). The minimum absolute atomic E-state index is 0.122. The smallest absolute Gasteiger partial charge is 0.246 e. The van der Waals surface area contributed by atoms with Crippen molar-refractivity contribution in [3.8, 4) is 0 Å². The van der Waals surface area contributed by atoms with E-state index in [9.17, 15) is 4.79 Å². The van der Waals surface area contributed by atoms with Gasteiger partial charge in [0.25, 0.3) is 0 Å². The molecule has 0 spiro atoms. The van der Waals surface area contributed by atoms with Crippen molar-refractivity contribution in [3.63, 3.8) is 0 Å². The molecule has 1 saturated heterocycles. The first-order valence-electron chi connectivity index (χ1n) is 5.53. The monoisotopic (exact) mass is 223 g/mol. The third-order valence-corrected chi connectivity index (χ3v) is 2.64. The molecule has 1 unspecified atom stereocenters. The summed E-state index contributed by atoms with van der Waals surface area (Å²) >= 11 is 0. The Kier molecular flexibility index (Phi) is 3.46. The SMILES string of the molecule is CC(Nn1cccc1)C(=O)N1CCOCC1. The van der Waals surface area contributed by atoms with Crippen molar-refractivity contribution >= 4 is 5.91 Å². The van der Waals surface area contributed by atoms with E-state index in [-0.39, 0.29) is 11.9 Å². The van der Waals surface area contributed by atoms with Gasteiger partial charge in [0.15, 0.2) is 0 Å². The summed E-state index contributed by atoms with van der Waals surface area (Å²) in [6, 6.07) is 3.61. The molecule has 1 fully saturated rings. The highest BCUT2D eigenvalue weighted by molar-refractivity contribution is 5.82. The zero-order valence-corrected chi connectivity index (χ0v) is 9.43. The van der Waals surface area contributed by atoms with Gasteiger partial charge >= 0.3 is 0 Å². The van der Waals surface area contributed by atoms with E-state index in [0.717, 1.165) is 0 Å². The molecule has 1 N–H and O–H groups in total. The number of hydrogen-bond acceptors (Lipinski definition) is 3. The Hall–Kier alpha value is -1.49. The van der Waals surface area contributed by atoms with Gasteiger partial charge in [-0.15, -0.1) is 0 Å². The number of carbonyl (C=O) groups is 1. The predicted octanol–water partition coefficient (Wildman–Crippen LogP) is 0.279. The molecular weight excluding hydrogens is 206 g/mol. The van der Waals surface area contributed by atoms with Gasteiger partial charge < -0.3 is 15.1 Å². The number of amides is 1. The number of hydrogen-bond donors (Lipinski definition) is 1. The molecule has 0 saturated carbocycles. The van der Waals surface area contributed by atoms with Gasteiger partial charge in [-0.05, 0) is 19.1 Å². The Bertz CT molecular complexity index is 331. The maximum Gasteiger partial charge on any atom is 0.246 e. The molecule has 0 bridgehead atoms. The Morgan fingerprint density at radius 1 is 1.31 bits per heavy atom. The van der Waals surface area contributed by atoms with Crippen molar-refractivity contribution < 1.29 is 9.53 Å². The molecule has 1 aromatic rings. The van der Waals surface area contributed by atoms with E-state index in [1.54, 1.807) is 4.68 Å².